The number of nitrogen functional groups attached to an aromatic ring is 1. The molecule has 1 unspecified atom stereocenters. The summed E-state index contributed by atoms with van der Waals surface area (Å²) in [6, 6.07) is 2.68. The number of hydrogen-bond acceptors (Lipinski definition) is 4. The molecule has 0 spiro atoms. The van der Waals surface area contributed by atoms with Crippen molar-refractivity contribution in [2.45, 2.75) is 19.9 Å². The second kappa shape index (κ2) is 6.56. The minimum absolute atomic E-state index is 0.0649. The van der Waals surface area contributed by atoms with Crippen LogP contribution in [-0.2, 0) is 0 Å². The van der Waals surface area contributed by atoms with Crippen molar-refractivity contribution in [3.63, 3.8) is 0 Å². The summed E-state index contributed by atoms with van der Waals surface area (Å²) in [5, 5.41) is 0. The summed E-state index contributed by atoms with van der Waals surface area (Å²) in [6.07, 6.45) is 0. The van der Waals surface area contributed by atoms with Crippen LogP contribution in [0.2, 0.25) is 0 Å². The summed E-state index contributed by atoms with van der Waals surface area (Å²) in [5.41, 5.74) is 11.5. The van der Waals surface area contributed by atoms with Crippen LogP contribution >= 0.6 is 0 Å². The lowest BCUT2D eigenvalue weighted by Gasteiger charge is -2.32. The van der Waals surface area contributed by atoms with Gasteiger partial charge >= 0.3 is 0 Å². The maximum atomic E-state index is 14.1. The zero-order valence-electron chi connectivity index (χ0n) is 12.5. The molecule has 0 aliphatic rings. The third kappa shape index (κ3) is 3.60. The highest BCUT2D eigenvalue weighted by Gasteiger charge is 2.20. The standard InChI is InChI=1S/C14H23FN4O/c1-5-19(9(2)8-18(3)4)13-6-10(14(17)20)12(16)7-11(13)15/h6-7,9H,5,8,16H2,1-4H3,(H2,17,20). The van der Waals surface area contributed by atoms with Crippen LogP contribution in [0.3, 0.4) is 0 Å². The molecule has 0 radical (unpaired) electrons. The van der Waals surface area contributed by atoms with E-state index in [-0.39, 0.29) is 17.3 Å². The Morgan fingerprint density at radius 2 is 2.00 bits per heavy atom. The highest BCUT2D eigenvalue weighted by atomic mass is 19.1. The molecular weight excluding hydrogens is 259 g/mol. The van der Waals surface area contributed by atoms with Gasteiger partial charge in [0.05, 0.1) is 11.3 Å². The van der Waals surface area contributed by atoms with E-state index in [1.54, 1.807) is 0 Å². The van der Waals surface area contributed by atoms with E-state index in [9.17, 15) is 9.18 Å². The van der Waals surface area contributed by atoms with Crippen molar-refractivity contribution in [1.82, 2.24) is 4.90 Å². The maximum Gasteiger partial charge on any atom is 0.250 e. The fraction of sp³-hybridized carbons (Fsp3) is 0.500. The first-order valence-corrected chi connectivity index (χ1v) is 6.58. The topological polar surface area (TPSA) is 75.6 Å². The smallest absolute Gasteiger partial charge is 0.250 e. The molecule has 112 valence electrons. The number of nitrogens with two attached hydrogens (primary N) is 2. The number of carbonyl (C=O) groups is 1. The van der Waals surface area contributed by atoms with Gasteiger partial charge in [0.25, 0.3) is 5.91 Å². The van der Waals surface area contributed by atoms with Crippen LogP contribution in [-0.4, -0.2) is 44.0 Å². The van der Waals surface area contributed by atoms with Crippen molar-refractivity contribution in [3.8, 4) is 0 Å². The molecule has 4 N–H and O–H groups in total. The molecule has 1 atom stereocenters. The molecule has 0 aliphatic heterocycles. The summed E-state index contributed by atoms with van der Waals surface area (Å²) in [4.78, 5) is 15.3. The fourth-order valence-electron chi connectivity index (χ4n) is 2.36. The number of carbonyl (C=O) groups excluding carboxylic acids is 1. The van der Waals surface area contributed by atoms with Crippen molar-refractivity contribution >= 4 is 17.3 Å². The number of likely N-dealkylation sites (N-methyl/N-ethyl adjacent to an activating group) is 2. The Bertz CT molecular complexity index is 490. The summed E-state index contributed by atoms with van der Waals surface area (Å²) in [7, 11) is 3.91. The molecule has 0 fully saturated rings. The van der Waals surface area contributed by atoms with Gasteiger partial charge in [-0.05, 0) is 40.1 Å². The molecule has 0 bridgehead atoms. The van der Waals surface area contributed by atoms with Gasteiger partial charge in [0.2, 0.25) is 0 Å². The number of amides is 1. The first-order valence-electron chi connectivity index (χ1n) is 6.58. The molecule has 1 amide bonds. The zero-order chi connectivity index (χ0) is 15.4. The van der Waals surface area contributed by atoms with Gasteiger partial charge in [0, 0.05) is 24.8 Å². The van der Waals surface area contributed by atoms with E-state index in [0.29, 0.717) is 12.2 Å². The number of benzene rings is 1. The molecule has 1 aromatic rings. The van der Waals surface area contributed by atoms with E-state index in [4.69, 9.17) is 11.5 Å². The van der Waals surface area contributed by atoms with Gasteiger partial charge in [-0.1, -0.05) is 0 Å². The number of nitrogens with zero attached hydrogens (tertiary/aromatic N) is 2. The third-order valence-electron chi connectivity index (χ3n) is 3.20. The quantitative estimate of drug-likeness (QED) is 0.771. The second-order valence-electron chi connectivity index (χ2n) is 5.15. The number of hydrogen-bond donors (Lipinski definition) is 2. The highest BCUT2D eigenvalue weighted by Crippen LogP contribution is 2.26. The Kier molecular flexibility index (Phi) is 5.33. The minimum Gasteiger partial charge on any atom is -0.398 e. The molecule has 0 aromatic heterocycles. The number of rotatable bonds is 6. The van der Waals surface area contributed by atoms with Crippen molar-refractivity contribution < 1.29 is 9.18 Å². The van der Waals surface area contributed by atoms with Gasteiger partial charge in [0.1, 0.15) is 5.82 Å². The van der Waals surface area contributed by atoms with Crippen molar-refractivity contribution in [2.24, 2.45) is 5.73 Å². The Morgan fingerprint density at radius 1 is 1.40 bits per heavy atom. The summed E-state index contributed by atoms with van der Waals surface area (Å²) < 4.78 is 14.1. The van der Waals surface area contributed by atoms with Crippen LogP contribution < -0.4 is 16.4 Å². The Balaban J connectivity index is 3.21. The van der Waals surface area contributed by atoms with Crippen LogP contribution in [0.5, 0.6) is 0 Å². The number of anilines is 2. The number of halogens is 1. The lowest BCUT2D eigenvalue weighted by Crippen LogP contribution is -2.40. The Hall–Kier alpha value is -1.82. The van der Waals surface area contributed by atoms with Gasteiger partial charge in [0.15, 0.2) is 0 Å². The third-order valence-corrected chi connectivity index (χ3v) is 3.20. The van der Waals surface area contributed by atoms with E-state index in [0.717, 1.165) is 12.6 Å². The second-order valence-corrected chi connectivity index (χ2v) is 5.15. The van der Waals surface area contributed by atoms with Crippen LogP contribution in [0, 0.1) is 5.82 Å². The molecule has 0 saturated carbocycles. The van der Waals surface area contributed by atoms with Gasteiger partial charge in [-0.25, -0.2) is 4.39 Å². The maximum absolute atomic E-state index is 14.1. The first-order chi connectivity index (χ1) is 9.27. The van der Waals surface area contributed by atoms with E-state index in [1.807, 2.05) is 37.7 Å². The lowest BCUT2D eigenvalue weighted by atomic mass is 10.1. The van der Waals surface area contributed by atoms with Crippen LogP contribution in [0.1, 0.15) is 24.2 Å². The summed E-state index contributed by atoms with van der Waals surface area (Å²) in [5.74, 6) is -1.10. The summed E-state index contributed by atoms with van der Waals surface area (Å²) >= 11 is 0. The monoisotopic (exact) mass is 282 g/mol. The van der Waals surface area contributed by atoms with Crippen LogP contribution in [0.4, 0.5) is 15.8 Å². The average molecular weight is 282 g/mol. The molecule has 0 saturated heterocycles. The molecular formula is C14H23FN4O. The molecule has 1 rings (SSSR count). The van der Waals surface area contributed by atoms with Gasteiger partial charge in [-0.3, -0.25) is 4.79 Å². The van der Waals surface area contributed by atoms with Gasteiger partial charge < -0.3 is 21.3 Å². The van der Waals surface area contributed by atoms with Crippen molar-refractivity contribution in [2.75, 3.05) is 37.8 Å². The summed E-state index contributed by atoms with van der Waals surface area (Å²) in [6.45, 7) is 5.33. The van der Waals surface area contributed by atoms with E-state index < -0.39 is 11.7 Å². The van der Waals surface area contributed by atoms with E-state index in [2.05, 4.69) is 0 Å². The molecule has 6 heteroatoms. The molecule has 20 heavy (non-hydrogen) atoms. The first kappa shape index (κ1) is 16.2. The largest absolute Gasteiger partial charge is 0.398 e. The minimum atomic E-state index is -0.653. The SMILES string of the molecule is CCN(c1cc(C(N)=O)c(N)cc1F)C(C)CN(C)C. The molecule has 1 aromatic carbocycles. The highest BCUT2D eigenvalue weighted by molar-refractivity contribution is 5.99. The molecule has 0 heterocycles. The van der Waals surface area contributed by atoms with Gasteiger partial charge in [-0.15, -0.1) is 0 Å². The van der Waals surface area contributed by atoms with Crippen LogP contribution in [0.15, 0.2) is 12.1 Å². The van der Waals surface area contributed by atoms with Crippen LogP contribution in [0.25, 0.3) is 0 Å². The molecule has 0 aliphatic carbocycles. The fourth-order valence-corrected chi connectivity index (χ4v) is 2.36. The lowest BCUT2D eigenvalue weighted by molar-refractivity contribution is 0.100. The Labute approximate surface area is 119 Å². The number of primary amides is 1. The Morgan fingerprint density at radius 3 is 2.45 bits per heavy atom. The van der Waals surface area contributed by atoms with E-state index in [1.165, 1.54) is 6.07 Å². The predicted octanol–water partition coefficient (Wildman–Crippen LogP) is 1.28. The van der Waals surface area contributed by atoms with Crippen molar-refractivity contribution in [1.29, 1.82) is 0 Å². The predicted molar refractivity (Wildman–Crippen MR) is 80.4 cm³/mol. The normalized spacial score (nSPS) is 12.5. The average Bonchev–Trinajstić information content (AvgIpc) is 2.31. The zero-order valence-corrected chi connectivity index (χ0v) is 12.5. The van der Waals surface area contributed by atoms with Gasteiger partial charge in [-0.2, -0.15) is 0 Å². The van der Waals surface area contributed by atoms with E-state index >= 15 is 0 Å². The molecule has 5 nitrogen and oxygen atoms in total. The van der Waals surface area contributed by atoms with Crippen molar-refractivity contribution in [3.05, 3.63) is 23.5 Å².